The van der Waals surface area contributed by atoms with Crippen LogP contribution in [0.1, 0.15) is 20.3 Å². The molecule has 0 radical (unpaired) electrons. The van der Waals surface area contributed by atoms with E-state index in [4.69, 9.17) is 0 Å². The number of nitrogens with zero attached hydrogens (tertiary/aromatic N) is 3. The first kappa shape index (κ1) is 15.8. The Balaban J connectivity index is 2.38. The molecule has 0 bridgehead atoms. The number of hydrogen-bond acceptors (Lipinski definition) is 3. The van der Waals surface area contributed by atoms with Crippen molar-refractivity contribution in [3.05, 3.63) is 0 Å². The van der Waals surface area contributed by atoms with Crippen LogP contribution in [0.2, 0.25) is 8.35 Å². The summed E-state index contributed by atoms with van der Waals surface area (Å²) in [6, 6.07) is 0. The molecule has 0 saturated carbocycles. The second-order valence-electron chi connectivity index (χ2n) is 5.45. The molecule has 0 atom stereocenters. The summed E-state index contributed by atoms with van der Waals surface area (Å²) >= 11 is -1.37. The number of likely N-dealkylation sites (N-methyl/N-ethyl adjacent to an activating group) is 2. The van der Waals surface area contributed by atoms with Crippen LogP contribution in [0.25, 0.3) is 0 Å². The molecule has 0 aromatic heterocycles. The Bertz CT molecular complexity index is 199. The molecule has 4 heteroatoms. The fraction of sp³-hybridized carbons (Fsp3) is 1.00. The van der Waals surface area contributed by atoms with Gasteiger partial charge < -0.3 is 0 Å². The van der Waals surface area contributed by atoms with Gasteiger partial charge in [0.25, 0.3) is 0 Å². The molecule has 0 unspecified atom stereocenters. The molecule has 0 amide bonds. The van der Waals surface area contributed by atoms with E-state index in [-0.39, 0.29) is 0 Å². The Morgan fingerprint density at radius 1 is 1.06 bits per heavy atom. The van der Waals surface area contributed by atoms with E-state index in [2.05, 4.69) is 40.6 Å². The fourth-order valence-corrected chi connectivity index (χ4v) is 12.3. The van der Waals surface area contributed by atoms with Crippen LogP contribution in [0.3, 0.4) is 0 Å². The molecule has 3 nitrogen and oxygen atoms in total. The third kappa shape index (κ3) is 5.95. The Morgan fingerprint density at radius 2 is 1.82 bits per heavy atom. The second kappa shape index (κ2) is 8.78. The molecule has 1 saturated heterocycles. The van der Waals surface area contributed by atoms with Gasteiger partial charge in [-0.1, -0.05) is 0 Å². The molecule has 1 aliphatic rings. The molecule has 0 aromatic carbocycles. The second-order valence-corrected chi connectivity index (χ2v) is 14.6. The number of rotatable bonds is 6. The van der Waals surface area contributed by atoms with Crippen LogP contribution >= 0.6 is 0 Å². The first-order valence-corrected chi connectivity index (χ1v) is 13.4. The predicted molar refractivity (Wildman–Crippen MR) is 77.9 cm³/mol. The van der Waals surface area contributed by atoms with Gasteiger partial charge in [-0.15, -0.1) is 0 Å². The van der Waals surface area contributed by atoms with E-state index in [1.54, 1.807) is 8.35 Å². The van der Waals surface area contributed by atoms with Crippen LogP contribution in [0.15, 0.2) is 0 Å². The third-order valence-corrected chi connectivity index (χ3v) is 14.4. The number of hydrogen-bond donors (Lipinski definition) is 0. The molecule has 0 aliphatic carbocycles. The van der Waals surface area contributed by atoms with Crippen molar-refractivity contribution in [2.45, 2.75) is 28.6 Å². The van der Waals surface area contributed by atoms with Gasteiger partial charge in [0.1, 0.15) is 0 Å². The molecule has 1 rings (SSSR count). The van der Waals surface area contributed by atoms with Crippen molar-refractivity contribution in [3.63, 3.8) is 0 Å². The van der Waals surface area contributed by atoms with Crippen molar-refractivity contribution in [2.24, 2.45) is 0 Å². The predicted octanol–water partition coefficient (Wildman–Crippen LogP) is 1.59. The normalized spacial score (nSPS) is 19.9. The first-order valence-electron chi connectivity index (χ1n) is 7.28. The quantitative estimate of drug-likeness (QED) is 0.725. The van der Waals surface area contributed by atoms with Gasteiger partial charge >= 0.3 is 116 Å². The molecule has 1 aliphatic heterocycles. The van der Waals surface area contributed by atoms with Crippen molar-refractivity contribution in [2.75, 3.05) is 53.4 Å². The topological polar surface area (TPSA) is 9.72 Å². The van der Waals surface area contributed by atoms with E-state index >= 15 is 0 Å². The zero-order chi connectivity index (χ0) is 12.7. The van der Waals surface area contributed by atoms with Crippen molar-refractivity contribution in [1.29, 1.82) is 0 Å². The summed E-state index contributed by atoms with van der Waals surface area (Å²) in [4.78, 5) is 4.97. The first-order chi connectivity index (χ1) is 8.17. The fourth-order valence-electron chi connectivity index (χ4n) is 2.78. The summed E-state index contributed by atoms with van der Waals surface area (Å²) < 4.78 is 6.04. The third-order valence-electron chi connectivity index (χ3n) is 3.99. The Kier molecular flexibility index (Phi) is 8.17. The van der Waals surface area contributed by atoms with Crippen LogP contribution in [0.4, 0.5) is 0 Å². The van der Waals surface area contributed by atoms with Crippen LogP contribution in [0.5, 0.6) is 0 Å². The van der Waals surface area contributed by atoms with Crippen LogP contribution in [-0.2, 0) is 0 Å². The van der Waals surface area contributed by atoms with Gasteiger partial charge in [0.2, 0.25) is 0 Å². The minimum absolute atomic E-state index is 1.24. The summed E-state index contributed by atoms with van der Waals surface area (Å²) in [7, 11) is 4.39. The van der Waals surface area contributed by atoms with Crippen molar-refractivity contribution >= 4 is 21.7 Å². The molecule has 0 N–H and O–H groups in total. The van der Waals surface area contributed by atoms with E-state index in [1.165, 1.54) is 45.7 Å². The molecule has 0 aromatic rings. The monoisotopic (exact) mass is 343 g/mol. The zero-order valence-electron chi connectivity index (χ0n) is 12.3. The van der Waals surface area contributed by atoms with Crippen LogP contribution in [0, 0.1) is 0 Å². The standard InChI is InChI=1S/C8H18N2.C5H12N.In/c1-4-9-7-8-10(5-2)6-3;1-4-5-6(2)3;/h2,4-8H2,1,3H3;1,4-5H2,2-3H3;/q-1;;+1. The molecule has 0 spiro atoms. The summed E-state index contributed by atoms with van der Waals surface area (Å²) in [6.07, 6.45) is 1.43. The SMILES string of the molecule is CCN1CC[N](CC)[In]([CH2]CCN(C)C)[CH2]C1. The summed E-state index contributed by atoms with van der Waals surface area (Å²) in [5.74, 6) is 0. The molecule has 1 fully saturated rings. The van der Waals surface area contributed by atoms with E-state index < -0.39 is 21.7 Å². The van der Waals surface area contributed by atoms with E-state index in [0.717, 1.165) is 0 Å². The van der Waals surface area contributed by atoms with Gasteiger partial charge in [-0.25, -0.2) is 0 Å². The Morgan fingerprint density at radius 3 is 2.41 bits per heavy atom. The van der Waals surface area contributed by atoms with Crippen molar-refractivity contribution in [3.8, 4) is 0 Å². The van der Waals surface area contributed by atoms with Crippen LogP contribution < -0.4 is 0 Å². The van der Waals surface area contributed by atoms with E-state index in [0.29, 0.717) is 0 Å². The Labute approximate surface area is 116 Å². The minimum atomic E-state index is -1.37. The van der Waals surface area contributed by atoms with E-state index in [9.17, 15) is 0 Å². The summed E-state index contributed by atoms with van der Waals surface area (Å²) in [5.41, 5.74) is 0. The average Bonchev–Trinajstić information content (AvgIpc) is 2.50. The van der Waals surface area contributed by atoms with Gasteiger partial charge in [-0.05, 0) is 0 Å². The average molecular weight is 343 g/mol. The maximum atomic E-state index is 2.90. The molecule has 100 valence electrons. The Hall–Kier alpha value is 0.750. The summed E-state index contributed by atoms with van der Waals surface area (Å²) in [5, 5.41) is 0. The van der Waals surface area contributed by atoms with Crippen LogP contribution in [-0.4, -0.2) is 87.8 Å². The molecule has 1 heterocycles. The van der Waals surface area contributed by atoms with Crippen molar-refractivity contribution in [1.82, 2.24) is 12.7 Å². The molecular weight excluding hydrogens is 313 g/mol. The maximum absolute atomic E-state index is 2.90. The van der Waals surface area contributed by atoms with Gasteiger partial charge in [0.05, 0.1) is 0 Å². The van der Waals surface area contributed by atoms with Gasteiger partial charge in [0.15, 0.2) is 0 Å². The molecular formula is C13H30InN3. The van der Waals surface area contributed by atoms with Gasteiger partial charge in [-0.2, -0.15) is 0 Å². The van der Waals surface area contributed by atoms with Gasteiger partial charge in [-0.3, -0.25) is 0 Å². The van der Waals surface area contributed by atoms with Crippen molar-refractivity contribution < 1.29 is 0 Å². The van der Waals surface area contributed by atoms with Gasteiger partial charge in [0, 0.05) is 0 Å². The van der Waals surface area contributed by atoms with E-state index in [1.807, 2.05) is 0 Å². The summed E-state index contributed by atoms with van der Waals surface area (Å²) in [6.45, 7) is 12.5. The zero-order valence-corrected chi connectivity index (χ0v) is 15.6. The molecule has 17 heavy (non-hydrogen) atoms.